The highest BCUT2D eigenvalue weighted by molar-refractivity contribution is 7.92. The first-order valence-corrected chi connectivity index (χ1v) is 18.8. The zero-order chi connectivity index (χ0) is 36.8. The number of rotatable bonds is 12. The van der Waals surface area contributed by atoms with E-state index < -0.39 is 56.9 Å². The average molecular weight is 781 g/mol. The van der Waals surface area contributed by atoms with Crippen molar-refractivity contribution in [3.63, 3.8) is 0 Å². The van der Waals surface area contributed by atoms with E-state index in [0.29, 0.717) is 21.0 Å². The van der Waals surface area contributed by atoms with Gasteiger partial charge >= 0.3 is 6.18 Å². The van der Waals surface area contributed by atoms with E-state index in [1.165, 1.54) is 35.2 Å². The number of benzene rings is 4. The smallest absolute Gasteiger partial charge is 0.352 e. The number of carbonyl (C=O) groups excluding carboxylic acids is 2. The van der Waals surface area contributed by atoms with E-state index >= 15 is 0 Å². The molecule has 5 rings (SSSR count). The standard InChI is InChI=1S/C37H35Cl3F3N3O4S/c38-27-17-16-26(33(40)21-27)23-45(34(20-25-10-4-1-5-11-25)36(48)44-28-12-6-2-7-13-28)35(47)24-46(51(49,50)30-14-8-3-9-15-30)29-18-19-32(39)31(22-29)37(41,42)43/h1,3-5,8-11,14-19,21-22,28,34H,2,6-7,12-13,20,23-24H2,(H,44,48). The fourth-order valence-corrected chi connectivity index (χ4v) is 8.19. The number of sulfonamides is 1. The number of carbonyl (C=O) groups is 2. The number of halogens is 6. The van der Waals surface area contributed by atoms with E-state index in [0.717, 1.165) is 49.8 Å². The van der Waals surface area contributed by atoms with E-state index in [1.807, 2.05) is 6.07 Å². The number of nitrogens with zero attached hydrogens (tertiary/aromatic N) is 2. The molecule has 1 saturated carbocycles. The summed E-state index contributed by atoms with van der Waals surface area (Å²) in [5.74, 6) is -1.31. The molecule has 51 heavy (non-hydrogen) atoms. The first-order chi connectivity index (χ1) is 24.2. The molecule has 4 aromatic rings. The maximum absolute atomic E-state index is 14.7. The molecular weight excluding hydrogens is 746 g/mol. The topological polar surface area (TPSA) is 86.8 Å². The van der Waals surface area contributed by atoms with Gasteiger partial charge in [0.2, 0.25) is 11.8 Å². The van der Waals surface area contributed by atoms with Gasteiger partial charge < -0.3 is 10.2 Å². The Morgan fingerprint density at radius 1 is 0.824 bits per heavy atom. The van der Waals surface area contributed by atoms with Gasteiger partial charge in [0.1, 0.15) is 12.6 Å². The van der Waals surface area contributed by atoms with Crippen molar-refractivity contribution in [1.82, 2.24) is 10.2 Å². The molecule has 1 aliphatic carbocycles. The Morgan fingerprint density at radius 2 is 1.47 bits per heavy atom. The summed E-state index contributed by atoms with van der Waals surface area (Å²) in [4.78, 5) is 29.9. The van der Waals surface area contributed by atoms with Crippen LogP contribution in [0.15, 0.2) is 102 Å². The molecule has 1 fully saturated rings. The van der Waals surface area contributed by atoms with Gasteiger partial charge in [-0.25, -0.2) is 8.42 Å². The quantitative estimate of drug-likeness (QED) is 0.156. The number of hydrogen-bond donors (Lipinski definition) is 1. The Morgan fingerprint density at radius 3 is 2.10 bits per heavy atom. The van der Waals surface area contributed by atoms with Crippen molar-refractivity contribution in [1.29, 1.82) is 0 Å². The van der Waals surface area contributed by atoms with Gasteiger partial charge in [0, 0.05) is 29.1 Å². The summed E-state index contributed by atoms with van der Waals surface area (Å²) in [6.45, 7) is -1.19. The minimum absolute atomic E-state index is 0.0565. The Hall–Kier alpha value is -3.77. The molecule has 0 spiro atoms. The molecule has 1 N–H and O–H groups in total. The summed E-state index contributed by atoms with van der Waals surface area (Å²) in [5, 5.41) is 2.99. The number of anilines is 1. The second kappa shape index (κ2) is 16.7. The van der Waals surface area contributed by atoms with Gasteiger partial charge in [-0.2, -0.15) is 13.2 Å². The van der Waals surface area contributed by atoms with Crippen LogP contribution in [0.25, 0.3) is 0 Å². The molecule has 1 aliphatic rings. The summed E-state index contributed by atoms with van der Waals surface area (Å²) in [6, 6.07) is 22.0. The third-order valence-electron chi connectivity index (χ3n) is 8.73. The zero-order valence-corrected chi connectivity index (χ0v) is 30.3. The molecule has 14 heteroatoms. The minimum Gasteiger partial charge on any atom is -0.352 e. The van der Waals surface area contributed by atoms with Crippen molar-refractivity contribution in [2.24, 2.45) is 0 Å². The monoisotopic (exact) mass is 779 g/mol. The van der Waals surface area contributed by atoms with Crippen LogP contribution >= 0.6 is 34.8 Å². The Balaban J connectivity index is 1.62. The molecule has 0 aromatic heterocycles. The maximum atomic E-state index is 14.7. The number of hydrogen-bond acceptors (Lipinski definition) is 4. The molecule has 0 saturated heterocycles. The van der Waals surface area contributed by atoms with Crippen LogP contribution in [-0.2, 0) is 38.8 Å². The summed E-state index contributed by atoms with van der Waals surface area (Å²) in [7, 11) is -4.64. The maximum Gasteiger partial charge on any atom is 0.417 e. The molecule has 0 bridgehead atoms. The molecule has 4 aromatic carbocycles. The second-order valence-corrected chi connectivity index (χ2v) is 15.4. The number of amides is 2. The van der Waals surface area contributed by atoms with Crippen LogP contribution in [0.5, 0.6) is 0 Å². The van der Waals surface area contributed by atoms with E-state index in [-0.39, 0.29) is 28.9 Å². The average Bonchev–Trinajstić information content (AvgIpc) is 3.10. The lowest BCUT2D eigenvalue weighted by atomic mass is 9.94. The first-order valence-electron chi connectivity index (χ1n) is 16.3. The highest BCUT2D eigenvalue weighted by Crippen LogP contribution is 2.38. The summed E-state index contributed by atoms with van der Waals surface area (Å²) >= 11 is 18.6. The molecule has 2 amide bonds. The van der Waals surface area contributed by atoms with Gasteiger partial charge in [-0.3, -0.25) is 13.9 Å². The van der Waals surface area contributed by atoms with Crippen molar-refractivity contribution >= 4 is 62.3 Å². The van der Waals surface area contributed by atoms with Crippen LogP contribution in [0.3, 0.4) is 0 Å². The lowest BCUT2D eigenvalue weighted by Gasteiger charge is -2.35. The highest BCUT2D eigenvalue weighted by atomic mass is 35.5. The van der Waals surface area contributed by atoms with Crippen molar-refractivity contribution in [3.05, 3.63) is 129 Å². The predicted molar refractivity (Wildman–Crippen MR) is 193 cm³/mol. The van der Waals surface area contributed by atoms with Crippen molar-refractivity contribution < 1.29 is 31.2 Å². The van der Waals surface area contributed by atoms with Crippen molar-refractivity contribution in [2.45, 2.75) is 68.2 Å². The van der Waals surface area contributed by atoms with Crippen LogP contribution in [-0.4, -0.2) is 43.8 Å². The molecule has 1 atom stereocenters. The van der Waals surface area contributed by atoms with Crippen LogP contribution in [0, 0.1) is 0 Å². The predicted octanol–water partition coefficient (Wildman–Crippen LogP) is 8.95. The van der Waals surface area contributed by atoms with Gasteiger partial charge in [0.05, 0.1) is 21.2 Å². The third kappa shape index (κ3) is 9.77. The molecule has 0 aliphatic heterocycles. The van der Waals surface area contributed by atoms with E-state index in [1.54, 1.807) is 42.5 Å². The fraction of sp³-hybridized carbons (Fsp3) is 0.297. The summed E-state index contributed by atoms with van der Waals surface area (Å²) < 4.78 is 71.0. The Kier molecular flexibility index (Phi) is 12.6. The molecule has 270 valence electrons. The molecule has 1 unspecified atom stereocenters. The van der Waals surface area contributed by atoms with Gasteiger partial charge in [0.25, 0.3) is 10.0 Å². The summed E-state index contributed by atoms with van der Waals surface area (Å²) in [6.07, 6.45) is -0.416. The van der Waals surface area contributed by atoms with Crippen molar-refractivity contribution in [3.8, 4) is 0 Å². The molecule has 7 nitrogen and oxygen atoms in total. The normalized spacial score (nSPS) is 14.5. The fourth-order valence-electron chi connectivity index (χ4n) is 6.07. The first kappa shape index (κ1) is 38.5. The highest BCUT2D eigenvalue weighted by Gasteiger charge is 2.38. The zero-order valence-electron chi connectivity index (χ0n) is 27.3. The van der Waals surface area contributed by atoms with Crippen LogP contribution < -0.4 is 9.62 Å². The Labute approximate surface area is 310 Å². The Bertz CT molecular complexity index is 1950. The van der Waals surface area contributed by atoms with Crippen molar-refractivity contribution in [2.75, 3.05) is 10.8 Å². The van der Waals surface area contributed by atoms with Gasteiger partial charge in [0.15, 0.2) is 0 Å². The lowest BCUT2D eigenvalue weighted by molar-refractivity contribution is -0.140. The van der Waals surface area contributed by atoms with Gasteiger partial charge in [-0.05, 0) is 66.4 Å². The summed E-state index contributed by atoms with van der Waals surface area (Å²) in [5.41, 5.74) is -0.579. The number of nitrogens with one attached hydrogen (secondary N) is 1. The van der Waals surface area contributed by atoms with Gasteiger partial charge in [-0.1, -0.05) is 109 Å². The largest absolute Gasteiger partial charge is 0.417 e. The van der Waals surface area contributed by atoms with Gasteiger partial charge in [-0.15, -0.1) is 0 Å². The second-order valence-electron chi connectivity index (χ2n) is 12.3. The van der Waals surface area contributed by atoms with E-state index in [9.17, 15) is 31.2 Å². The minimum atomic E-state index is -4.92. The van der Waals surface area contributed by atoms with Crippen LogP contribution in [0.1, 0.15) is 48.8 Å². The van der Waals surface area contributed by atoms with E-state index in [4.69, 9.17) is 34.8 Å². The SMILES string of the molecule is O=C(NC1CCCCC1)C(Cc1ccccc1)N(Cc1ccc(Cl)cc1Cl)C(=O)CN(c1ccc(Cl)c(C(F)(F)F)c1)S(=O)(=O)c1ccccc1. The van der Waals surface area contributed by atoms with E-state index in [2.05, 4.69) is 5.32 Å². The van der Waals surface area contributed by atoms with Crippen LogP contribution in [0.2, 0.25) is 15.1 Å². The van der Waals surface area contributed by atoms with Crippen LogP contribution in [0.4, 0.5) is 18.9 Å². The number of alkyl halides is 3. The third-order valence-corrected chi connectivity index (χ3v) is 11.4. The molecule has 0 radical (unpaired) electrons. The molecule has 0 heterocycles. The lowest BCUT2D eigenvalue weighted by Crippen LogP contribution is -2.55. The molecular formula is C37H35Cl3F3N3O4S.